The molecular weight excluding hydrogens is 562 g/mol. The first-order valence-corrected chi connectivity index (χ1v) is 14.8. The molecule has 3 rings (SSSR count). The van der Waals surface area contributed by atoms with Crippen LogP contribution in [0.5, 0.6) is 0 Å². The fourth-order valence-corrected chi connectivity index (χ4v) is 11.3. The maximum atomic E-state index is 14.6. The lowest BCUT2D eigenvalue weighted by Gasteiger charge is -2.42. The van der Waals surface area contributed by atoms with E-state index in [1.165, 1.54) is 6.07 Å². The fraction of sp³-hybridized carbons (Fsp3) is 0.440. The van der Waals surface area contributed by atoms with Gasteiger partial charge in [0.15, 0.2) is 8.32 Å². The first-order chi connectivity index (χ1) is 16.0. The standard InChI is InChI=1S/C25H34FIN4O2Si/c1-15(2)34(16(3)4,17(5)6)33-12-11-31-22-9-10-29-14-19(22)23(24(31)25(28)32)30-21-8-7-18(27)13-20(21)26/h7-10,13-17,30H,11-12H2,1-6H3,(H2,28,32). The van der Waals surface area contributed by atoms with Gasteiger partial charge in [0.2, 0.25) is 0 Å². The Hall–Kier alpha value is -1.98. The molecule has 1 amide bonds. The van der Waals surface area contributed by atoms with E-state index in [2.05, 4.69) is 74.4 Å². The zero-order valence-corrected chi connectivity index (χ0v) is 23.8. The van der Waals surface area contributed by atoms with E-state index in [0.717, 1.165) is 9.09 Å². The summed E-state index contributed by atoms with van der Waals surface area (Å²) in [6, 6.07) is 6.73. The Morgan fingerprint density at radius 3 is 2.38 bits per heavy atom. The highest BCUT2D eigenvalue weighted by molar-refractivity contribution is 14.1. The monoisotopic (exact) mass is 596 g/mol. The highest BCUT2D eigenvalue weighted by Crippen LogP contribution is 2.42. The van der Waals surface area contributed by atoms with Crippen molar-refractivity contribution in [2.24, 2.45) is 5.73 Å². The van der Waals surface area contributed by atoms with E-state index in [-0.39, 0.29) is 11.4 Å². The van der Waals surface area contributed by atoms with E-state index in [4.69, 9.17) is 10.2 Å². The third kappa shape index (κ3) is 5.01. The number of anilines is 2. The van der Waals surface area contributed by atoms with Crippen molar-refractivity contribution < 1.29 is 13.6 Å². The van der Waals surface area contributed by atoms with Crippen LogP contribution in [0.2, 0.25) is 16.6 Å². The number of pyridine rings is 1. The number of aromatic nitrogens is 2. The summed E-state index contributed by atoms with van der Waals surface area (Å²) in [5.41, 5.74) is 9.02. The van der Waals surface area contributed by atoms with Crippen LogP contribution in [0.15, 0.2) is 36.7 Å². The van der Waals surface area contributed by atoms with Crippen LogP contribution in [0.3, 0.4) is 0 Å². The Bertz CT molecular complexity index is 1160. The van der Waals surface area contributed by atoms with Crippen LogP contribution in [0.25, 0.3) is 10.9 Å². The maximum absolute atomic E-state index is 14.6. The second-order valence-electron chi connectivity index (χ2n) is 9.55. The average molecular weight is 597 g/mol. The van der Waals surface area contributed by atoms with Gasteiger partial charge in [0.1, 0.15) is 11.5 Å². The van der Waals surface area contributed by atoms with Crippen LogP contribution in [-0.2, 0) is 11.0 Å². The van der Waals surface area contributed by atoms with Crippen LogP contribution in [0, 0.1) is 9.39 Å². The maximum Gasteiger partial charge on any atom is 0.267 e. The largest absolute Gasteiger partial charge is 0.414 e. The van der Waals surface area contributed by atoms with Gasteiger partial charge in [-0.3, -0.25) is 9.78 Å². The second kappa shape index (κ2) is 10.7. The molecule has 0 bridgehead atoms. The quantitative estimate of drug-likeness (QED) is 0.199. The van der Waals surface area contributed by atoms with Crippen LogP contribution in [0.1, 0.15) is 52.0 Å². The van der Waals surface area contributed by atoms with Crippen molar-refractivity contribution >= 4 is 59.1 Å². The van der Waals surface area contributed by atoms with Crippen molar-refractivity contribution in [3.63, 3.8) is 0 Å². The van der Waals surface area contributed by atoms with E-state index in [1.807, 2.05) is 10.6 Å². The molecule has 6 nitrogen and oxygen atoms in total. The number of hydrogen-bond donors (Lipinski definition) is 2. The van der Waals surface area contributed by atoms with Gasteiger partial charge in [-0.15, -0.1) is 0 Å². The molecule has 0 saturated heterocycles. The minimum Gasteiger partial charge on any atom is -0.414 e. The number of nitrogens with zero attached hydrogens (tertiary/aromatic N) is 2. The molecule has 0 radical (unpaired) electrons. The Labute approximate surface area is 215 Å². The summed E-state index contributed by atoms with van der Waals surface area (Å²) < 4.78 is 24.0. The molecular formula is C25H34FIN4O2Si. The predicted molar refractivity (Wildman–Crippen MR) is 148 cm³/mol. The molecule has 0 unspecified atom stereocenters. The number of rotatable bonds is 10. The molecule has 184 valence electrons. The zero-order valence-electron chi connectivity index (χ0n) is 20.7. The molecule has 0 aliphatic carbocycles. The molecule has 3 aromatic rings. The number of primary amides is 1. The Morgan fingerprint density at radius 1 is 1.18 bits per heavy atom. The summed E-state index contributed by atoms with van der Waals surface area (Å²) in [7, 11) is -2.07. The van der Waals surface area contributed by atoms with E-state index in [1.54, 1.807) is 24.5 Å². The Kier molecular flexibility index (Phi) is 8.41. The van der Waals surface area contributed by atoms with E-state index >= 15 is 0 Å². The molecule has 1 aromatic carbocycles. The van der Waals surface area contributed by atoms with Gasteiger partial charge in [-0.25, -0.2) is 4.39 Å². The zero-order chi connectivity index (χ0) is 25.2. The molecule has 3 N–H and O–H groups in total. The number of fused-ring (bicyclic) bond motifs is 1. The highest BCUT2D eigenvalue weighted by atomic mass is 127. The van der Waals surface area contributed by atoms with Crippen LogP contribution < -0.4 is 11.1 Å². The Morgan fingerprint density at radius 2 is 1.82 bits per heavy atom. The molecule has 0 aliphatic heterocycles. The van der Waals surface area contributed by atoms with Gasteiger partial charge in [-0.1, -0.05) is 41.5 Å². The van der Waals surface area contributed by atoms with Gasteiger partial charge in [-0.2, -0.15) is 0 Å². The Balaban J connectivity index is 2.03. The normalized spacial score (nSPS) is 12.3. The van der Waals surface area contributed by atoms with Gasteiger partial charge in [0.25, 0.3) is 5.91 Å². The van der Waals surface area contributed by atoms with Gasteiger partial charge in [-0.05, 0) is 63.5 Å². The summed E-state index contributed by atoms with van der Waals surface area (Å²) in [6.07, 6.45) is 3.34. The lowest BCUT2D eigenvalue weighted by molar-refractivity contribution is 0.0991. The third-order valence-corrected chi connectivity index (χ3v) is 13.5. The summed E-state index contributed by atoms with van der Waals surface area (Å²) in [6.45, 7) is 14.4. The van der Waals surface area contributed by atoms with Crippen LogP contribution in [-0.4, -0.2) is 30.4 Å². The molecule has 2 heterocycles. The second-order valence-corrected chi connectivity index (χ2v) is 16.3. The first kappa shape index (κ1) is 26.6. The summed E-state index contributed by atoms with van der Waals surface area (Å²) >= 11 is 2.06. The van der Waals surface area contributed by atoms with Gasteiger partial charge < -0.3 is 20.0 Å². The number of hydrogen-bond acceptors (Lipinski definition) is 4. The van der Waals surface area contributed by atoms with Crippen LogP contribution in [0.4, 0.5) is 15.8 Å². The smallest absolute Gasteiger partial charge is 0.267 e. The molecule has 2 aromatic heterocycles. The number of carbonyl (C=O) groups is 1. The van der Waals surface area contributed by atoms with E-state index < -0.39 is 20.0 Å². The predicted octanol–water partition coefficient (Wildman–Crippen LogP) is 6.81. The minimum atomic E-state index is -2.07. The minimum absolute atomic E-state index is 0.271. The fourth-order valence-electron chi connectivity index (χ4n) is 5.35. The van der Waals surface area contributed by atoms with Crippen molar-refractivity contribution in [3.05, 3.63) is 51.7 Å². The van der Waals surface area contributed by atoms with E-state index in [0.29, 0.717) is 40.8 Å². The number of halogens is 2. The average Bonchev–Trinajstić information content (AvgIpc) is 3.06. The van der Waals surface area contributed by atoms with Crippen molar-refractivity contribution in [1.29, 1.82) is 0 Å². The van der Waals surface area contributed by atoms with Gasteiger partial charge >= 0.3 is 0 Å². The molecule has 0 saturated carbocycles. The molecule has 0 spiro atoms. The number of nitrogens with one attached hydrogen (secondary N) is 1. The lowest BCUT2D eigenvalue weighted by atomic mass is 10.2. The van der Waals surface area contributed by atoms with Crippen LogP contribution >= 0.6 is 22.6 Å². The summed E-state index contributed by atoms with van der Waals surface area (Å²) in [5.74, 6) is -0.998. The summed E-state index contributed by atoms with van der Waals surface area (Å²) in [4.78, 5) is 16.9. The van der Waals surface area contributed by atoms with Gasteiger partial charge in [0.05, 0.1) is 23.5 Å². The topological polar surface area (TPSA) is 82.2 Å². The number of benzene rings is 1. The number of nitrogens with two attached hydrogens (primary N) is 1. The molecule has 0 fully saturated rings. The van der Waals surface area contributed by atoms with E-state index in [9.17, 15) is 9.18 Å². The van der Waals surface area contributed by atoms with Gasteiger partial charge in [0, 0.05) is 27.9 Å². The van der Waals surface area contributed by atoms with Crippen molar-refractivity contribution in [1.82, 2.24) is 9.55 Å². The number of carbonyl (C=O) groups excluding carboxylic acids is 1. The molecule has 34 heavy (non-hydrogen) atoms. The highest BCUT2D eigenvalue weighted by Gasteiger charge is 2.44. The molecule has 0 aliphatic rings. The number of amides is 1. The molecule has 0 atom stereocenters. The SMILES string of the molecule is CC(C)[Si](OCCn1c(C(N)=O)c(Nc2ccc(I)cc2F)c2cnccc21)(C(C)C)C(C)C. The lowest BCUT2D eigenvalue weighted by Crippen LogP contribution is -2.48. The van der Waals surface area contributed by atoms with Crippen molar-refractivity contribution in [3.8, 4) is 0 Å². The first-order valence-electron chi connectivity index (χ1n) is 11.6. The third-order valence-electron chi connectivity index (χ3n) is 6.66. The summed E-state index contributed by atoms with van der Waals surface area (Å²) in [5, 5.41) is 3.81. The van der Waals surface area contributed by atoms with Crippen molar-refractivity contribution in [2.45, 2.75) is 64.7 Å². The van der Waals surface area contributed by atoms with Crippen molar-refractivity contribution in [2.75, 3.05) is 11.9 Å². The molecule has 9 heteroatoms.